The molecule has 1 nitrogen and oxygen atoms in total. The first-order valence-electron chi connectivity index (χ1n) is 27.2. The third kappa shape index (κ3) is 4.17. The van der Waals surface area contributed by atoms with E-state index < -0.39 is 257 Å². The summed E-state index contributed by atoms with van der Waals surface area (Å²) in [6.45, 7) is 0. The van der Waals surface area contributed by atoms with E-state index in [1.54, 1.807) is 0 Å². The Morgan fingerprint density at radius 3 is 1.36 bits per heavy atom. The summed E-state index contributed by atoms with van der Waals surface area (Å²) in [5.74, 6) is 0. The summed E-state index contributed by atoms with van der Waals surface area (Å²) >= 11 is 0. The number of rotatable bonds is 4. The quantitative estimate of drug-likeness (QED) is 0.183. The molecule has 0 N–H and O–H groups in total. The molecule has 0 spiro atoms. The van der Waals surface area contributed by atoms with Crippen molar-refractivity contribution < 1.29 is 42.8 Å². The van der Waals surface area contributed by atoms with Crippen molar-refractivity contribution in [3.8, 4) is 44.5 Å². The van der Waals surface area contributed by atoms with Crippen molar-refractivity contribution in [2.24, 2.45) is 0 Å². The van der Waals surface area contributed by atoms with Crippen LogP contribution >= 0.6 is 0 Å². The zero-order valence-electron chi connectivity index (χ0n) is 50.4. The topological polar surface area (TPSA) is 13.1 Å². The first kappa shape index (κ1) is 10.1. The van der Waals surface area contributed by atoms with E-state index in [2.05, 4.69) is 0 Å². The van der Waals surface area contributed by atoms with E-state index >= 15 is 0 Å². The zero-order chi connectivity index (χ0) is 54.1. The van der Waals surface area contributed by atoms with Gasteiger partial charge in [-0.05, 0) is 79.1 Å². The molecule has 45 heavy (non-hydrogen) atoms. The van der Waals surface area contributed by atoms with Crippen molar-refractivity contribution in [2.45, 2.75) is 0 Å². The minimum absolute atomic E-state index is 0.455. The lowest BCUT2D eigenvalue weighted by atomic mass is 9.84. The first-order valence-corrected chi connectivity index (χ1v) is 13.2. The van der Waals surface area contributed by atoms with Gasteiger partial charge in [-0.3, -0.25) is 0 Å². The Bertz CT molecular complexity index is 3880. The maximum Gasteiger partial charge on any atom is 0.143 e. The molecule has 8 aromatic carbocycles. The molecular formula is C44H28O. The van der Waals surface area contributed by atoms with E-state index in [0.717, 1.165) is 0 Å². The van der Waals surface area contributed by atoms with Gasteiger partial charge < -0.3 is 4.42 Å². The molecule has 0 bridgehead atoms. The Morgan fingerprint density at radius 2 is 0.778 bits per heavy atom. The van der Waals surface area contributed by atoms with Gasteiger partial charge in [0.25, 0.3) is 0 Å². The largest absolute Gasteiger partial charge is 0.455 e. The van der Waals surface area contributed by atoms with E-state index in [0.29, 0.717) is 0 Å². The predicted octanol–water partition coefficient (Wildman–Crippen LogP) is 12.6. The zero-order valence-corrected chi connectivity index (χ0v) is 22.4. The summed E-state index contributed by atoms with van der Waals surface area (Å²) in [5.41, 5.74) is -8.27. The van der Waals surface area contributed by atoms with Gasteiger partial charge in [-0.25, -0.2) is 0 Å². The number of furan rings is 1. The Morgan fingerprint density at radius 1 is 0.333 bits per heavy atom. The SMILES string of the molecule is [2H]c1c([2H])c([2H])c(-c2c([2H])c(-c3c([2H])c([2H])c([2H])c([2H])c3[2H])c([2H])c(-c3c4c([2H])c([2H])c([2H])c([2H])c4c(-c4c([2H])c([2H])c([2H])c5c4oc4c([2H])c([2H])c([2H])c([2H])c45)c4c([2H])c([2H])c([2H])c([2H])c34)c2[2H])c([2H])c1[2H]. The minimum atomic E-state index is -1.16. The molecule has 0 saturated carbocycles. The second-order valence-electron chi connectivity index (χ2n) is 9.51. The van der Waals surface area contributed by atoms with Crippen molar-refractivity contribution >= 4 is 43.5 Å². The van der Waals surface area contributed by atoms with E-state index in [1.807, 2.05) is 0 Å². The predicted molar refractivity (Wildman–Crippen MR) is 190 cm³/mol. The maximum atomic E-state index is 9.90. The lowest BCUT2D eigenvalue weighted by molar-refractivity contribution is 0.670. The van der Waals surface area contributed by atoms with Crippen LogP contribution in [0.2, 0.25) is 0 Å². The molecule has 1 heteroatoms. The number of hydrogen-bond acceptors (Lipinski definition) is 1. The van der Waals surface area contributed by atoms with Crippen LogP contribution in [0.5, 0.6) is 0 Å². The molecule has 0 aliphatic rings. The van der Waals surface area contributed by atoms with Gasteiger partial charge in [0.05, 0.1) is 38.4 Å². The van der Waals surface area contributed by atoms with Gasteiger partial charge in [-0.2, -0.15) is 0 Å². The molecule has 0 atom stereocenters. The molecule has 0 radical (unpaired) electrons. The highest BCUT2D eigenvalue weighted by molar-refractivity contribution is 6.24. The molecule has 1 heterocycles. The smallest absolute Gasteiger partial charge is 0.143 e. The monoisotopic (exact) mass is 600 g/mol. The van der Waals surface area contributed by atoms with Crippen LogP contribution in [0.25, 0.3) is 88.0 Å². The summed E-state index contributed by atoms with van der Waals surface area (Å²) < 4.78 is 257. The van der Waals surface area contributed by atoms with Gasteiger partial charge in [0.15, 0.2) is 0 Å². The molecule has 0 aliphatic carbocycles. The maximum absolute atomic E-state index is 9.90. The van der Waals surface area contributed by atoms with Crippen molar-refractivity contribution in [1.29, 1.82) is 0 Å². The summed E-state index contributed by atoms with van der Waals surface area (Å²) in [5, 5.41) is -4.19. The number of hydrogen-bond donors (Lipinski definition) is 0. The number of para-hydroxylation sites is 2. The van der Waals surface area contributed by atoms with Gasteiger partial charge in [0.2, 0.25) is 0 Å². The van der Waals surface area contributed by atoms with Crippen molar-refractivity contribution in [3.63, 3.8) is 0 Å². The third-order valence-electron chi connectivity index (χ3n) is 7.06. The van der Waals surface area contributed by atoms with Crippen LogP contribution in [0.3, 0.4) is 0 Å². The fourth-order valence-electron chi connectivity index (χ4n) is 5.22. The molecule has 0 fully saturated rings. The van der Waals surface area contributed by atoms with Gasteiger partial charge in [0.1, 0.15) is 11.2 Å². The lowest BCUT2D eigenvalue weighted by Gasteiger charge is -2.19. The number of benzene rings is 8. The van der Waals surface area contributed by atoms with Gasteiger partial charge in [-0.1, -0.05) is 145 Å². The Hall–Kier alpha value is -5.92. The molecule has 1 aromatic heterocycles. The molecule has 9 aromatic rings. The average Bonchev–Trinajstić information content (AvgIpc) is 3.76. The molecule has 0 unspecified atom stereocenters. The number of fused-ring (bicyclic) bond motifs is 5. The summed E-state index contributed by atoms with van der Waals surface area (Å²) in [6, 6.07) is -27.7. The lowest BCUT2D eigenvalue weighted by Crippen LogP contribution is -1.92. The fraction of sp³-hybridized carbons (Fsp3) is 0. The minimum Gasteiger partial charge on any atom is -0.455 e. The van der Waals surface area contributed by atoms with Crippen molar-refractivity contribution in [1.82, 2.24) is 0 Å². The molecule has 210 valence electrons. The molecule has 0 amide bonds. The normalized spacial score (nSPS) is 20.3. The molecule has 0 aliphatic heterocycles. The van der Waals surface area contributed by atoms with Crippen LogP contribution in [0.15, 0.2) is 174 Å². The second-order valence-corrected chi connectivity index (χ2v) is 9.51. The molecular weight excluding hydrogens is 544 g/mol. The van der Waals surface area contributed by atoms with Gasteiger partial charge in [-0.15, -0.1) is 0 Å². The van der Waals surface area contributed by atoms with Crippen LogP contribution in [-0.2, 0) is 0 Å². The van der Waals surface area contributed by atoms with Crippen LogP contribution in [0.4, 0.5) is 0 Å². The Labute approximate surface area is 301 Å². The van der Waals surface area contributed by atoms with Crippen LogP contribution in [0.1, 0.15) is 38.4 Å². The van der Waals surface area contributed by atoms with Crippen molar-refractivity contribution in [2.75, 3.05) is 0 Å². The van der Waals surface area contributed by atoms with E-state index in [-0.39, 0.29) is 0 Å². The van der Waals surface area contributed by atoms with Crippen LogP contribution in [-0.4, -0.2) is 0 Å². The standard InChI is InChI=1S/C44H28O/c1-3-14-29(15-4-1)31-26-32(30-16-5-2-6-17-30)28-33(27-31)42-35-19-7-9-21-37(35)43(38-22-10-8-20-36(38)42)40-24-13-23-39-34-18-11-12-25-41(34)45-44(39)40/h1-28H/i1D,2D,3D,4D,5D,6D,7D,8D,9D,10D,11D,12D,13D,14D,15D,16D,17D,18D,19D,20D,21D,22D,23D,24D,25D,26D,27D,28D. The third-order valence-corrected chi connectivity index (χ3v) is 7.06. The highest BCUT2D eigenvalue weighted by Gasteiger charge is 2.20. The van der Waals surface area contributed by atoms with Gasteiger partial charge in [0, 0.05) is 21.9 Å². The summed E-state index contributed by atoms with van der Waals surface area (Å²) in [7, 11) is 0. The van der Waals surface area contributed by atoms with Crippen LogP contribution in [0, 0.1) is 0 Å². The average molecular weight is 601 g/mol. The van der Waals surface area contributed by atoms with Crippen LogP contribution < -0.4 is 0 Å². The Kier molecular flexibility index (Phi) is 2.32. The van der Waals surface area contributed by atoms with E-state index in [9.17, 15) is 11.0 Å². The summed E-state index contributed by atoms with van der Waals surface area (Å²) in [4.78, 5) is 0. The highest BCUT2D eigenvalue weighted by atomic mass is 16.3. The first-order chi connectivity index (χ1) is 34.0. The van der Waals surface area contributed by atoms with E-state index in [1.165, 1.54) is 0 Å². The summed E-state index contributed by atoms with van der Waals surface area (Å²) in [6.07, 6.45) is 0. The highest BCUT2D eigenvalue weighted by Crippen LogP contribution is 2.47. The molecule has 0 saturated heterocycles. The van der Waals surface area contributed by atoms with Gasteiger partial charge >= 0.3 is 0 Å². The second kappa shape index (κ2) is 10.4. The fourth-order valence-corrected chi connectivity index (χ4v) is 5.22. The van der Waals surface area contributed by atoms with Crippen molar-refractivity contribution in [3.05, 3.63) is 169 Å². The van der Waals surface area contributed by atoms with E-state index in [4.69, 9.17) is 31.8 Å². The Balaban J connectivity index is 1.68. The molecule has 9 rings (SSSR count).